The average molecular weight is 393 g/mol. The number of nitrogens with one attached hydrogen (secondary N) is 2. The predicted octanol–water partition coefficient (Wildman–Crippen LogP) is 3.32. The van der Waals surface area contributed by atoms with E-state index in [0.29, 0.717) is 28.3 Å². The number of aromatic nitrogens is 3. The van der Waals surface area contributed by atoms with E-state index < -0.39 is 11.9 Å². The van der Waals surface area contributed by atoms with Crippen LogP contribution in [0.1, 0.15) is 27.6 Å². The minimum atomic E-state index is -0.446. The molecule has 0 aliphatic rings. The lowest BCUT2D eigenvalue weighted by Crippen LogP contribution is -2.09. The van der Waals surface area contributed by atoms with Crippen molar-refractivity contribution >= 4 is 35.1 Å². The maximum atomic E-state index is 12.1. The molecule has 0 amide bonds. The second-order valence-corrected chi connectivity index (χ2v) is 5.75. The number of benzene rings is 2. The topological polar surface area (TPSA) is 115 Å². The molecule has 0 unspecified atom stereocenters. The lowest BCUT2D eigenvalue weighted by Gasteiger charge is -2.11. The summed E-state index contributed by atoms with van der Waals surface area (Å²) in [6.07, 6.45) is 1.43. The van der Waals surface area contributed by atoms with E-state index in [9.17, 15) is 9.59 Å². The molecule has 0 spiro atoms. The summed E-state index contributed by atoms with van der Waals surface area (Å²) in [6, 6.07) is 13.7. The third kappa shape index (κ3) is 5.04. The van der Waals surface area contributed by atoms with Gasteiger partial charge in [0.05, 0.1) is 36.7 Å². The second kappa shape index (κ2) is 9.27. The van der Waals surface area contributed by atoms with Gasteiger partial charge >= 0.3 is 11.9 Å². The molecular weight excluding hydrogens is 374 g/mol. The Bertz CT molecular complexity index is 1030. The first-order valence-electron chi connectivity index (χ1n) is 8.79. The maximum absolute atomic E-state index is 12.1. The molecular formula is C20H19N5O4. The van der Waals surface area contributed by atoms with Gasteiger partial charge in [0.25, 0.3) is 0 Å². The minimum absolute atomic E-state index is 0.214. The molecule has 9 nitrogen and oxygen atoms in total. The fourth-order valence-corrected chi connectivity index (χ4v) is 2.50. The SMILES string of the molecule is CCOC(=O)c1ccccc1Nc1cnnc(Nc2cccc(C(=O)OC)c2)n1. The van der Waals surface area contributed by atoms with Gasteiger partial charge in [-0.2, -0.15) is 10.1 Å². The van der Waals surface area contributed by atoms with Crippen LogP contribution in [0.5, 0.6) is 0 Å². The molecule has 148 valence electrons. The number of ether oxygens (including phenoxy) is 2. The quantitative estimate of drug-likeness (QED) is 0.583. The summed E-state index contributed by atoms with van der Waals surface area (Å²) >= 11 is 0. The number of nitrogens with zero attached hydrogens (tertiary/aromatic N) is 3. The molecule has 0 saturated carbocycles. The van der Waals surface area contributed by atoms with Crippen molar-refractivity contribution in [3.8, 4) is 0 Å². The second-order valence-electron chi connectivity index (χ2n) is 5.75. The molecule has 29 heavy (non-hydrogen) atoms. The molecule has 1 aromatic heterocycles. The number of hydrogen-bond acceptors (Lipinski definition) is 9. The van der Waals surface area contributed by atoms with Crippen molar-refractivity contribution in [2.24, 2.45) is 0 Å². The Morgan fingerprint density at radius 3 is 2.66 bits per heavy atom. The van der Waals surface area contributed by atoms with E-state index in [1.807, 2.05) is 0 Å². The molecule has 2 aromatic carbocycles. The molecule has 0 fully saturated rings. The summed E-state index contributed by atoms with van der Waals surface area (Å²) in [6.45, 7) is 2.02. The fraction of sp³-hybridized carbons (Fsp3) is 0.150. The normalized spacial score (nSPS) is 10.1. The molecule has 9 heteroatoms. The number of anilines is 4. The molecule has 0 aliphatic carbocycles. The lowest BCUT2D eigenvalue weighted by molar-refractivity contribution is 0.0526. The van der Waals surface area contributed by atoms with Gasteiger partial charge in [0, 0.05) is 5.69 Å². The highest BCUT2D eigenvalue weighted by Crippen LogP contribution is 2.21. The summed E-state index contributed by atoms with van der Waals surface area (Å²) < 4.78 is 9.79. The number of hydrogen-bond donors (Lipinski definition) is 2. The standard InChI is InChI=1S/C20H19N5O4/c1-3-29-19(27)15-9-4-5-10-16(15)23-17-12-21-25-20(24-17)22-14-8-6-7-13(11-14)18(26)28-2/h4-12H,3H2,1-2H3,(H2,22,23,24,25). The van der Waals surface area contributed by atoms with Crippen molar-refractivity contribution in [3.63, 3.8) is 0 Å². The largest absolute Gasteiger partial charge is 0.465 e. The van der Waals surface area contributed by atoms with Crippen molar-refractivity contribution in [1.29, 1.82) is 0 Å². The van der Waals surface area contributed by atoms with Gasteiger partial charge in [-0.05, 0) is 37.3 Å². The van der Waals surface area contributed by atoms with Gasteiger partial charge in [-0.3, -0.25) is 0 Å². The monoisotopic (exact) mass is 393 g/mol. The maximum Gasteiger partial charge on any atom is 0.340 e. The van der Waals surface area contributed by atoms with E-state index in [1.54, 1.807) is 55.5 Å². The van der Waals surface area contributed by atoms with Crippen LogP contribution in [0, 0.1) is 0 Å². The first kappa shape index (κ1) is 19.7. The average Bonchev–Trinajstić information content (AvgIpc) is 2.74. The Labute approximate surface area is 167 Å². The van der Waals surface area contributed by atoms with Gasteiger partial charge in [-0.1, -0.05) is 18.2 Å². The summed E-state index contributed by atoms with van der Waals surface area (Å²) in [4.78, 5) is 28.1. The number of carbonyl (C=O) groups is 2. The number of rotatable bonds is 7. The van der Waals surface area contributed by atoms with Gasteiger partial charge in [-0.15, -0.1) is 5.10 Å². The van der Waals surface area contributed by atoms with E-state index in [4.69, 9.17) is 9.47 Å². The molecule has 0 saturated heterocycles. The number of para-hydroxylation sites is 1. The van der Waals surface area contributed by atoms with Crippen LogP contribution in [0.3, 0.4) is 0 Å². The minimum Gasteiger partial charge on any atom is -0.465 e. The molecule has 2 N–H and O–H groups in total. The van der Waals surface area contributed by atoms with E-state index in [1.165, 1.54) is 13.3 Å². The Morgan fingerprint density at radius 2 is 1.86 bits per heavy atom. The fourth-order valence-electron chi connectivity index (χ4n) is 2.50. The smallest absolute Gasteiger partial charge is 0.340 e. The van der Waals surface area contributed by atoms with Crippen molar-refractivity contribution in [3.05, 3.63) is 65.9 Å². The molecule has 3 rings (SSSR count). The first-order chi connectivity index (χ1) is 14.1. The zero-order valence-electron chi connectivity index (χ0n) is 15.9. The highest BCUT2D eigenvalue weighted by molar-refractivity contribution is 5.96. The highest BCUT2D eigenvalue weighted by atomic mass is 16.5. The van der Waals surface area contributed by atoms with Crippen molar-refractivity contribution < 1.29 is 19.1 Å². The van der Waals surface area contributed by atoms with Gasteiger partial charge in [-0.25, -0.2) is 9.59 Å². The van der Waals surface area contributed by atoms with E-state index in [2.05, 4.69) is 25.8 Å². The van der Waals surface area contributed by atoms with Gasteiger partial charge < -0.3 is 20.1 Å². The highest BCUT2D eigenvalue weighted by Gasteiger charge is 2.13. The van der Waals surface area contributed by atoms with E-state index >= 15 is 0 Å². The summed E-state index contributed by atoms with van der Waals surface area (Å²) in [7, 11) is 1.32. The molecule has 0 radical (unpaired) electrons. The zero-order valence-corrected chi connectivity index (χ0v) is 15.9. The Hall–Kier alpha value is -4.01. The van der Waals surface area contributed by atoms with E-state index in [-0.39, 0.29) is 12.6 Å². The van der Waals surface area contributed by atoms with Crippen LogP contribution in [-0.2, 0) is 9.47 Å². The number of esters is 2. The molecule has 0 atom stereocenters. The van der Waals surface area contributed by atoms with Crippen LogP contribution >= 0.6 is 0 Å². The Kier molecular flexibility index (Phi) is 6.31. The predicted molar refractivity (Wildman–Crippen MR) is 107 cm³/mol. The Morgan fingerprint density at radius 1 is 1.03 bits per heavy atom. The van der Waals surface area contributed by atoms with Crippen molar-refractivity contribution in [2.45, 2.75) is 6.92 Å². The van der Waals surface area contributed by atoms with Crippen LogP contribution in [0.25, 0.3) is 0 Å². The number of methoxy groups -OCH3 is 1. The summed E-state index contributed by atoms with van der Waals surface area (Å²) in [5.74, 6) is -0.289. The molecule has 3 aromatic rings. The molecule has 1 heterocycles. The third-order valence-corrected chi connectivity index (χ3v) is 3.78. The van der Waals surface area contributed by atoms with E-state index in [0.717, 1.165) is 0 Å². The lowest BCUT2D eigenvalue weighted by atomic mass is 10.2. The summed E-state index contributed by atoms with van der Waals surface area (Å²) in [5, 5.41) is 13.9. The number of carbonyl (C=O) groups excluding carboxylic acids is 2. The van der Waals surface area contributed by atoms with Gasteiger partial charge in [0.1, 0.15) is 0 Å². The molecule has 0 aliphatic heterocycles. The Balaban J connectivity index is 1.79. The van der Waals surface area contributed by atoms with Crippen molar-refractivity contribution in [1.82, 2.24) is 15.2 Å². The summed E-state index contributed by atoms with van der Waals surface area (Å²) in [5.41, 5.74) is 1.90. The molecule has 0 bridgehead atoms. The van der Waals surface area contributed by atoms with Gasteiger partial charge in [0.15, 0.2) is 5.82 Å². The zero-order chi connectivity index (χ0) is 20.6. The van der Waals surface area contributed by atoms with Crippen molar-refractivity contribution in [2.75, 3.05) is 24.4 Å². The van der Waals surface area contributed by atoms with Gasteiger partial charge in [0.2, 0.25) is 5.95 Å². The van der Waals surface area contributed by atoms with Crippen LogP contribution in [0.4, 0.5) is 23.1 Å². The van der Waals surface area contributed by atoms with Crippen LogP contribution < -0.4 is 10.6 Å². The first-order valence-corrected chi connectivity index (χ1v) is 8.79. The van der Waals surface area contributed by atoms with Crippen LogP contribution in [0.2, 0.25) is 0 Å². The third-order valence-electron chi connectivity index (χ3n) is 3.78. The van der Waals surface area contributed by atoms with Crippen LogP contribution in [0.15, 0.2) is 54.7 Å². The van der Waals surface area contributed by atoms with Crippen LogP contribution in [-0.4, -0.2) is 40.8 Å².